The Morgan fingerprint density at radius 3 is 1.15 bits per heavy atom. The molecule has 0 bridgehead atoms. The Kier molecular flexibility index (Phi) is 10.1. The van der Waals surface area contributed by atoms with Gasteiger partial charge in [-0.1, -0.05) is 75.7 Å². The predicted octanol–water partition coefficient (Wildman–Crippen LogP) is 6.92. The van der Waals surface area contributed by atoms with Crippen LogP contribution in [0.5, 0.6) is 0 Å². The Labute approximate surface area is 280 Å². The lowest BCUT2D eigenvalue weighted by Crippen LogP contribution is -2.62. The summed E-state index contributed by atoms with van der Waals surface area (Å²) in [5.41, 5.74) is -3.68. The molecule has 10 nitrogen and oxygen atoms in total. The van der Waals surface area contributed by atoms with Crippen LogP contribution < -0.4 is 17.1 Å². The third-order valence-electron chi connectivity index (χ3n) is 13.0. The Hall–Kier alpha value is -2.83. The molecule has 1 aromatic rings. The first-order valence-corrected chi connectivity index (χ1v) is 17.8. The van der Waals surface area contributed by atoms with E-state index in [2.05, 4.69) is 79.2 Å². The second-order valence-corrected chi connectivity index (χ2v) is 18.6. The lowest BCUT2D eigenvalue weighted by atomic mass is 9.61. The highest BCUT2D eigenvalue weighted by Crippen LogP contribution is 2.54. The smallest absolute Gasteiger partial charge is 0.247 e. The van der Waals surface area contributed by atoms with Gasteiger partial charge in [-0.05, 0) is 96.7 Å². The Balaban J connectivity index is 2.07. The van der Waals surface area contributed by atoms with Gasteiger partial charge in [0.15, 0.2) is 0 Å². The lowest BCUT2D eigenvalue weighted by Gasteiger charge is -2.50. The minimum absolute atomic E-state index is 0.0301. The molecule has 4 rings (SSSR count). The molecule has 0 amide bonds. The summed E-state index contributed by atoms with van der Waals surface area (Å²) in [6.45, 7) is 21.7. The van der Waals surface area contributed by atoms with Crippen LogP contribution in [0.4, 0.5) is 0 Å². The van der Waals surface area contributed by atoms with Crippen molar-refractivity contribution in [1.29, 1.82) is 0 Å². The van der Waals surface area contributed by atoms with Gasteiger partial charge in [-0.25, -0.2) is 47.7 Å². The summed E-state index contributed by atoms with van der Waals surface area (Å²) in [6, 6.07) is -1.40. The molecule has 10 heteroatoms. The molecule has 1 heterocycles. The Morgan fingerprint density at radius 2 is 0.851 bits per heavy atom. The summed E-state index contributed by atoms with van der Waals surface area (Å²) in [4.78, 5) is 75.1. The molecule has 3 aliphatic carbocycles. The molecule has 0 spiro atoms. The van der Waals surface area contributed by atoms with Crippen molar-refractivity contribution in [2.45, 2.75) is 158 Å². The number of aromatic nitrogens is 3. The SMILES string of the molecule is CCCC1(C)CCC(C)(C)C(n2c(=O)n(C3CC(C)(CN=C=O)CCC3(C)C)c(=O)n(C3CC(C)(CN=C=O)CCC3(C)C)c2=O)C1. The van der Waals surface area contributed by atoms with Gasteiger partial charge in [0.1, 0.15) is 0 Å². The van der Waals surface area contributed by atoms with Crippen molar-refractivity contribution < 1.29 is 9.59 Å². The number of rotatable bonds is 9. The van der Waals surface area contributed by atoms with Gasteiger partial charge in [0.05, 0.1) is 13.1 Å². The van der Waals surface area contributed by atoms with Gasteiger partial charge >= 0.3 is 17.1 Å². The van der Waals surface area contributed by atoms with E-state index in [1.54, 1.807) is 12.2 Å². The first-order chi connectivity index (χ1) is 21.7. The van der Waals surface area contributed by atoms with Gasteiger partial charge in [0.25, 0.3) is 0 Å². The molecule has 262 valence electrons. The molecule has 3 saturated carbocycles. The molecule has 1 aromatic heterocycles. The van der Waals surface area contributed by atoms with Gasteiger partial charge in [-0.2, -0.15) is 0 Å². The van der Waals surface area contributed by atoms with Crippen LogP contribution in [0.3, 0.4) is 0 Å². The molecule has 0 saturated heterocycles. The van der Waals surface area contributed by atoms with Crippen molar-refractivity contribution in [2.75, 3.05) is 13.1 Å². The van der Waals surface area contributed by atoms with E-state index in [-0.39, 0.29) is 30.0 Å². The van der Waals surface area contributed by atoms with Crippen LogP contribution in [0, 0.1) is 32.5 Å². The van der Waals surface area contributed by atoms with Crippen LogP contribution in [0.15, 0.2) is 24.4 Å². The summed E-state index contributed by atoms with van der Waals surface area (Å²) in [5, 5.41) is 0. The minimum atomic E-state index is -0.566. The highest BCUT2D eigenvalue weighted by molar-refractivity contribution is 5.33. The molecule has 0 aromatic carbocycles. The van der Waals surface area contributed by atoms with E-state index in [1.807, 2.05) is 0 Å². The molecule has 6 atom stereocenters. The van der Waals surface area contributed by atoms with E-state index in [0.717, 1.165) is 51.4 Å². The largest absolute Gasteiger partial charge is 0.336 e. The summed E-state index contributed by atoms with van der Waals surface area (Å²) in [6.07, 6.45) is 11.9. The van der Waals surface area contributed by atoms with Crippen LogP contribution in [-0.2, 0) is 9.59 Å². The molecule has 47 heavy (non-hydrogen) atoms. The number of hydrogen-bond acceptors (Lipinski definition) is 7. The molecule has 3 aliphatic rings. The Bertz CT molecular complexity index is 1530. The fourth-order valence-corrected chi connectivity index (χ4v) is 9.19. The molecule has 0 N–H and O–H groups in total. The van der Waals surface area contributed by atoms with Crippen molar-refractivity contribution in [2.24, 2.45) is 42.5 Å². The van der Waals surface area contributed by atoms with E-state index in [0.29, 0.717) is 19.3 Å². The standard InChI is InChI=1S/C37H59N5O5/c1-11-12-35(8)16-13-32(2,3)26(19-35)40-29(45)41(27-20-36(9,22-38-24-43)17-14-33(27,4)5)31(47)42(30(40)46)28-21-37(10,23-39-25-44)18-15-34(28,6)7/h26-28H,11-23H2,1-10H3. The predicted molar refractivity (Wildman–Crippen MR) is 184 cm³/mol. The van der Waals surface area contributed by atoms with Gasteiger partial charge < -0.3 is 0 Å². The van der Waals surface area contributed by atoms with Gasteiger partial charge in [-0.3, -0.25) is 0 Å². The van der Waals surface area contributed by atoms with Crippen molar-refractivity contribution in [3.63, 3.8) is 0 Å². The van der Waals surface area contributed by atoms with E-state index in [1.165, 1.54) is 13.7 Å². The average molecular weight is 654 g/mol. The topological polar surface area (TPSA) is 125 Å². The zero-order valence-electron chi connectivity index (χ0n) is 30.7. The molecular formula is C37H59N5O5. The zero-order chi connectivity index (χ0) is 35.2. The van der Waals surface area contributed by atoms with Crippen molar-refractivity contribution >= 4 is 12.2 Å². The average Bonchev–Trinajstić information content (AvgIpc) is 2.97. The van der Waals surface area contributed by atoms with E-state index >= 15 is 14.4 Å². The van der Waals surface area contributed by atoms with E-state index < -0.39 is 50.8 Å². The molecule has 0 radical (unpaired) electrons. The monoisotopic (exact) mass is 653 g/mol. The van der Waals surface area contributed by atoms with Crippen LogP contribution in [0.1, 0.15) is 158 Å². The maximum absolute atomic E-state index is 15.0. The molecule has 6 unspecified atom stereocenters. The Morgan fingerprint density at radius 1 is 0.553 bits per heavy atom. The number of carbonyl (C=O) groups excluding carboxylic acids is 2. The first kappa shape index (κ1) is 37.0. The maximum atomic E-state index is 15.0. The maximum Gasteiger partial charge on any atom is 0.336 e. The zero-order valence-corrected chi connectivity index (χ0v) is 30.7. The van der Waals surface area contributed by atoms with Crippen LogP contribution in [-0.4, -0.2) is 39.0 Å². The first-order valence-electron chi connectivity index (χ1n) is 17.8. The lowest BCUT2D eigenvalue weighted by molar-refractivity contribution is 0.0160. The van der Waals surface area contributed by atoms with Crippen molar-refractivity contribution in [3.05, 3.63) is 31.5 Å². The number of isocyanates is 2. The van der Waals surface area contributed by atoms with Gasteiger partial charge in [-0.15, -0.1) is 0 Å². The summed E-state index contributed by atoms with van der Waals surface area (Å²) < 4.78 is 4.29. The molecule has 3 fully saturated rings. The highest BCUT2D eigenvalue weighted by atomic mass is 16.2. The number of nitrogens with zero attached hydrogens (tertiary/aromatic N) is 5. The van der Waals surface area contributed by atoms with E-state index in [4.69, 9.17) is 0 Å². The van der Waals surface area contributed by atoms with Gasteiger partial charge in [0.2, 0.25) is 12.2 Å². The fourth-order valence-electron chi connectivity index (χ4n) is 9.19. The third kappa shape index (κ3) is 7.15. The quantitative estimate of drug-likeness (QED) is 0.211. The number of hydrogen-bond donors (Lipinski definition) is 0. The summed E-state index contributed by atoms with van der Waals surface area (Å²) in [7, 11) is 0. The van der Waals surface area contributed by atoms with Gasteiger partial charge in [0, 0.05) is 18.1 Å². The van der Waals surface area contributed by atoms with Crippen molar-refractivity contribution in [3.8, 4) is 0 Å². The summed E-state index contributed by atoms with van der Waals surface area (Å²) >= 11 is 0. The molecule has 0 aliphatic heterocycles. The van der Waals surface area contributed by atoms with Crippen LogP contribution in [0.2, 0.25) is 0 Å². The van der Waals surface area contributed by atoms with Crippen LogP contribution >= 0.6 is 0 Å². The number of aliphatic imine (C=N–C) groups is 2. The summed E-state index contributed by atoms with van der Waals surface area (Å²) in [5.74, 6) is 0. The second kappa shape index (κ2) is 12.9. The van der Waals surface area contributed by atoms with E-state index in [9.17, 15) is 9.59 Å². The molecular weight excluding hydrogens is 594 g/mol. The fraction of sp³-hybridized carbons (Fsp3) is 0.865. The normalized spacial score (nSPS) is 34.6. The highest BCUT2D eigenvalue weighted by Gasteiger charge is 2.50. The van der Waals surface area contributed by atoms with Crippen molar-refractivity contribution in [1.82, 2.24) is 13.7 Å². The third-order valence-corrected chi connectivity index (χ3v) is 13.0. The van der Waals surface area contributed by atoms with Crippen LogP contribution in [0.25, 0.3) is 0 Å². The minimum Gasteiger partial charge on any atom is -0.247 e. The second-order valence-electron chi connectivity index (χ2n) is 18.6.